The molecule has 162 valence electrons. The molecule has 0 saturated heterocycles. The smallest absolute Gasteiger partial charge is 0.327 e. The highest BCUT2D eigenvalue weighted by atomic mass is 32.1. The molecule has 7 N–H and O–H groups in total. The van der Waals surface area contributed by atoms with Gasteiger partial charge in [0.25, 0.3) is 0 Å². The maximum Gasteiger partial charge on any atom is 0.327 e. The first-order chi connectivity index (χ1) is 13.7. The number of carboxylic acid groups (broad SMARTS) is 1. The molecule has 0 aliphatic heterocycles. The van der Waals surface area contributed by atoms with Crippen molar-refractivity contribution in [3.63, 3.8) is 0 Å². The van der Waals surface area contributed by atoms with Gasteiger partial charge in [-0.15, -0.1) is 0 Å². The molecule has 4 atom stereocenters. The second-order valence-electron chi connectivity index (χ2n) is 6.61. The number of imidazole rings is 1. The Balaban J connectivity index is 2.74. The molecule has 3 amide bonds. The molecule has 0 fully saturated rings. The van der Waals surface area contributed by atoms with Gasteiger partial charge in [0.2, 0.25) is 17.7 Å². The lowest BCUT2D eigenvalue weighted by Crippen LogP contribution is -2.55. The van der Waals surface area contributed by atoms with Crippen LogP contribution < -0.4 is 21.7 Å². The molecule has 1 aromatic rings. The first-order valence-electron chi connectivity index (χ1n) is 9.13. The van der Waals surface area contributed by atoms with Crippen molar-refractivity contribution in [1.82, 2.24) is 25.9 Å². The number of nitrogens with one attached hydrogen (secondary N) is 4. The normalized spacial score (nSPS) is 14.9. The zero-order valence-corrected chi connectivity index (χ0v) is 17.2. The minimum absolute atomic E-state index is 0.0779. The minimum atomic E-state index is -1.23. The van der Waals surface area contributed by atoms with Gasteiger partial charge in [-0.1, -0.05) is 20.3 Å². The summed E-state index contributed by atoms with van der Waals surface area (Å²) in [6.07, 6.45) is 3.76. The highest BCUT2D eigenvalue weighted by Crippen LogP contribution is 2.06. The van der Waals surface area contributed by atoms with Gasteiger partial charge in [0.15, 0.2) is 0 Å². The number of carboxylic acids is 1. The topological polar surface area (TPSA) is 179 Å². The third kappa shape index (κ3) is 8.11. The molecule has 12 heteroatoms. The van der Waals surface area contributed by atoms with Crippen LogP contribution in [0.2, 0.25) is 0 Å². The molecule has 0 spiro atoms. The van der Waals surface area contributed by atoms with Gasteiger partial charge in [0.1, 0.15) is 12.1 Å². The van der Waals surface area contributed by atoms with E-state index in [1.54, 1.807) is 0 Å². The highest BCUT2D eigenvalue weighted by molar-refractivity contribution is 7.80. The maximum atomic E-state index is 12.5. The molecule has 1 heterocycles. The van der Waals surface area contributed by atoms with Crippen LogP contribution in [0.25, 0.3) is 0 Å². The predicted molar refractivity (Wildman–Crippen MR) is 108 cm³/mol. The summed E-state index contributed by atoms with van der Waals surface area (Å²) in [5.41, 5.74) is 6.53. The second-order valence-corrected chi connectivity index (χ2v) is 6.98. The van der Waals surface area contributed by atoms with Crippen molar-refractivity contribution in [2.75, 3.05) is 12.3 Å². The number of nitrogens with two attached hydrogens (primary N) is 1. The Labute approximate surface area is 174 Å². The van der Waals surface area contributed by atoms with Gasteiger partial charge >= 0.3 is 5.97 Å². The summed E-state index contributed by atoms with van der Waals surface area (Å²) in [6, 6.07) is -2.95. The SMILES string of the molecule is CCC(C)C(N)C(=O)NC(Cc1cnc[nH]1)C(=O)NCC(=O)NC(CS)C(=O)O. The van der Waals surface area contributed by atoms with Gasteiger partial charge in [-0.05, 0) is 5.92 Å². The zero-order valence-electron chi connectivity index (χ0n) is 16.3. The Morgan fingerprint density at radius 1 is 1.24 bits per heavy atom. The minimum Gasteiger partial charge on any atom is -0.480 e. The number of amides is 3. The number of rotatable bonds is 12. The number of thiol groups is 1. The Kier molecular flexibility index (Phi) is 10.2. The van der Waals surface area contributed by atoms with Crippen molar-refractivity contribution in [1.29, 1.82) is 0 Å². The fraction of sp³-hybridized carbons (Fsp3) is 0.588. The molecule has 0 radical (unpaired) electrons. The molecule has 1 aromatic heterocycles. The van der Waals surface area contributed by atoms with E-state index in [-0.39, 0.29) is 18.1 Å². The lowest BCUT2D eigenvalue weighted by atomic mass is 9.99. The molecular formula is C17H28N6O5S. The first kappa shape index (κ1) is 24.4. The fourth-order valence-electron chi connectivity index (χ4n) is 2.33. The molecule has 0 bridgehead atoms. The average Bonchev–Trinajstić information content (AvgIpc) is 3.21. The number of aromatic amines is 1. The lowest BCUT2D eigenvalue weighted by molar-refractivity contribution is -0.141. The van der Waals surface area contributed by atoms with E-state index < -0.39 is 48.4 Å². The fourth-order valence-corrected chi connectivity index (χ4v) is 2.57. The first-order valence-corrected chi connectivity index (χ1v) is 9.76. The molecule has 0 saturated carbocycles. The Morgan fingerprint density at radius 2 is 1.93 bits per heavy atom. The van der Waals surface area contributed by atoms with Crippen LogP contribution in [-0.2, 0) is 25.6 Å². The van der Waals surface area contributed by atoms with Crippen molar-refractivity contribution in [3.8, 4) is 0 Å². The zero-order chi connectivity index (χ0) is 22.0. The molecule has 1 rings (SSSR count). The summed E-state index contributed by atoms with van der Waals surface area (Å²) in [6.45, 7) is 3.28. The quantitative estimate of drug-likeness (QED) is 0.196. The van der Waals surface area contributed by atoms with Crippen molar-refractivity contribution >= 4 is 36.3 Å². The van der Waals surface area contributed by atoms with E-state index >= 15 is 0 Å². The number of H-pyrrole nitrogens is 1. The van der Waals surface area contributed by atoms with Gasteiger partial charge in [0, 0.05) is 24.1 Å². The summed E-state index contributed by atoms with van der Waals surface area (Å²) in [5.74, 6) is -3.19. The van der Waals surface area contributed by atoms with Crippen molar-refractivity contribution < 1.29 is 24.3 Å². The van der Waals surface area contributed by atoms with Gasteiger partial charge in [-0.2, -0.15) is 12.6 Å². The van der Waals surface area contributed by atoms with Crippen molar-refractivity contribution in [2.24, 2.45) is 11.7 Å². The van der Waals surface area contributed by atoms with Crippen LogP contribution in [-0.4, -0.2) is 69.2 Å². The van der Waals surface area contributed by atoms with Gasteiger partial charge in [-0.3, -0.25) is 14.4 Å². The van der Waals surface area contributed by atoms with Gasteiger partial charge in [-0.25, -0.2) is 9.78 Å². The Morgan fingerprint density at radius 3 is 2.45 bits per heavy atom. The van der Waals surface area contributed by atoms with E-state index in [1.807, 2.05) is 13.8 Å². The number of aliphatic carboxylic acids is 1. The molecule has 0 aliphatic rings. The number of hydrogen-bond acceptors (Lipinski definition) is 7. The standard InChI is InChI=1S/C17H28N6O5S/c1-3-9(2)14(18)16(26)23-11(4-10-5-19-8-21-10)15(25)20-6-13(24)22-12(7-29)17(27)28/h5,8-9,11-12,14,29H,3-4,6-7,18H2,1-2H3,(H,19,21)(H,20,25)(H,22,24)(H,23,26)(H,27,28). The Bertz CT molecular complexity index is 698. The summed E-state index contributed by atoms with van der Waals surface area (Å²) in [5, 5.41) is 16.2. The van der Waals surface area contributed by atoms with E-state index in [9.17, 15) is 19.2 Å². The van der Waals surface area contributed by atoms with Crippen LogP contribution in [0.5, 0.6) is 0 Å². The molecule has 0 aromatic carbocycles. The van der Waals surface area contributed by atoms with Crippen LogP contribution >= 0.6 is 12.6 Å². The van der Waals surface area contributed by atoms with Gasteiger partial charge < -0.3 is 31.8 Å². The summed E-state index contributed by atoms with van der Waals surface area (Å²) >= 11 is 3.85. The molecule has 0 aliphatic carbocycles. The Hall–Kier alpha value is -2.60. The predicted octanol–water partition coefficient (Wildman–Crippen LogP) is -1.57. The third-order valence-electron chi connectivity index (χ3n) is 4.41. The van der Waals surface area contributed by atoms with E-state index in [2.05, 4.69) is 38.5 Å². The second kappa shape index (κ2) is 12.1. The third-order valence-corrected chi connectivity index (χ3v) is 4.78. The molecular weight excluding hydrogens is 400 g/mol. The number of aromatic nitrogens is 2. The number of carbonyl (C=O) groups is 4. The number of nitrogens with zero attached hydrogens (tertiary/aromatic N) is 1. The van der Waals surface area contributed by atoms with Crippen LogP contribution in [0, 0.1) is 5.92 Å². The summed E-state index contributed by atoms with van der Waals surface area (Å²) in [4.78, 5) is 54.5. The van der Waals surface area contributed by atoms with Crippen LogP contribution in [0.15, 0.2) is 12.5 Å². The van der Waals surface area contributed by atoms with Crippen LogP contribution in [0.4, 0.5) is 0 Å². The van der Waals surface area contributed by atoms with Gasteiger partial charge in [0.05, 0.1) is 18.9 Å². The largest absolute Gasteiger partial charge is 0.480 e. The maximum absolute atomic E-state index is 12.5. The average molecular weight is 429 g/mol. The molecule has 4 unspecified atom stereocenters. The van der Waals surface area contributed by atoms with E-state index in [1.165, 1.54) is 12.5 Å². The van der Waals surface area contributed by atoms with Crippen LogP contribution in [0.3, 0.4) is 0 Å². The van der Waals surface area contributed by atoms with Crippen molar-refractivity contribution in [3.05, 3.63) is 18.2 Å². The lowest BCUT2D eigenvalue weighted by Gasteiger charge is -2.23. The van der Waals surface area contributed by atoms with Crippen molar-refractivity contribution in [2.45, 2.75) is 44.8 Å². The number of carbonyl (C=O) groups excluding carboxylic acids is 3. The highest BCUT2D eigenvalue weighted by Gasteiger charge is 2.27. The summed E-state index contributed by atoms with van der Waals surface area (Å²) < 4.78 is 0. The van der Waals surface area contributed by atoms with E-state index in [4.69, 9.17) is 10.8 Å². The monoisotopic (exact) mass is 428 g/mol. The van der Waals surface area contributed by atoms with Crippen LogP contribution in [0.1, 0.15) is 26.0 Å². The van der Waals surface area contributed by atoms with E-state index in [0.29, 0.717) is 12.1 Å². The van der Waals surface area contributed by atoms with E-state index in [0.717, 1.165) is 0 Å². The summed E-state index contributed by atoms with van der Waals surface area (Å²) in [7, 11) is 0. The number of hydrogen-bond donors (Lipinski definition) is 7. The molecule has 29 heavy (non-hydrogen) atoms. The molecule has 11 nitrogen and oxygen atoms in total.